The number of nitriles is 3. The smallest absolute Gasteiger partial charge is 0.272 e. The molecule has 18 nitrogen and oxygen atoms in total. The molecule has 3 aliphatic heterocycles. The zero-order chi connectivity index (χ0) is 59.3. The molecule has 24 heteroatoms. The molecule has 81 heavy (non-hydrogen) atoms. The summed E-state index contributed by atoms with van der Waals surface area (Å²) in [6.07, 6.45) is 4.43. The summed E-state index contributed by atoms with van der Waals surface area (Å²) in [4.78, 5) is 64.7. The Hall–Kier alpha value is -6.72. The number of ether oxygens (including phenoxy) is 3. The first-order valence-electron chi connectivity index (χ1n) is 25.8. The van der Waals surface area contributed by atoms with E-state index in [4.69, 9.17) is 14.2 Å². The molecule has 3 atom stereocenters. The number of halogens is 3. The van der Waals surface area contributed by atoms with Gasteiger partial charge in [0, 0.05) is 128 Å². The van der Waals surface area contributed by atoms with Gasteiger partial charge in [-0.15, -0.1) is 0 Å². The topological polar surface area (TPSA) is 242 Å². The van der Waals surface area contributed by atoms with Gasteiger partial charge in [-0.05, 0) is 18.2 Å². The van der Waals surface area contributed by atoms with Gasteiger partial charge >= 0.3 is 0 Å². The first kappa shape index (κ1) is 61.9. The van der Waals surface area contributed by atoms with Crippen LogP contribution in [0, 0.1) is 69.2 Å². The lowest BCUT2D eigenvalue weighted by Gasteiger charge is -2.25. The van der Waals surface area contributed by atoms with E-state index in [2.05, 4.69) is 29.9 Å². The second-order valence-electron chi connectivity index (χ2n) is 22.7. The highest BCUT2D eigenvalue weighted by Gasteiger charge is 2.31. The van der Waals surface area contributed by atoms with E-state index in [0.29, 0.717) is 88.7 Å². The van der Waals surface area contributed by atoms with E-state index in [1.54, 1.807) is 21.3 Å². The van der Waals surface area contributed by atoms with Gasteiger partial charge in [0.05, 0.1) is 54.0 Å². The number of thioether (sulfide) groups is 3. The van der Waals surface area contributed by atoms with Crippen molar-refractivity contribution in [2.75, 3.05) is 58.4 Å². The maximum Gasteiger partial charge on any atom is 0.272 e. The quantitative estimate of drug-likeness (QED) is 0.123. The van der Waals surface area contributed by atoms with Gasteiger partial charge in [-0.2, -0.15) is 15.8 Å². The molecule has 0 radical (unpaired) electrons. The van der Waals surface area contributed by atoms with Gasteiger partial charge in [0.15, 0.2) is 15.5 Å². The van der Waals surface area contributed by atoms with E-state index in [0.717, 1.165) is 17.3 Å². The number of rotatable bonds is 9. The number of nitrogens with zero attached hydrogens (tertiary/aromatic N) is 12. The van der Waals surface area contributed by atoms with Crippen molar-refractivity contribution in [1.82, 2.24) is 43.6 Å². The summed E-state index contributed by atoms with van der Waals surface area (Å²) in [5.41, 5.74) is -0.346. The number of hydrogen-bond acceptors (Lipinski definition) is 18. The minimum absolute atomic E-state index is 0.0953. The van der Waals surface area contributed by atoms with Crippen LogP contribution in [-0.4, -0.2) is 102 Å². The van der Waals surface area contributed by atoms with Gasteiger partial charge in [0.1, 0.15) is 52.3 Å². The van der Waals surface area contributed by atoms with Crippen LogP contribution in [0.3, 0.4) is 0 Å². The Morgan fingerprint density at radius 3 is 0.938 bits per heavy atom. The Balaban J connectivity index is 0.000000175. The molecular formula is C57H63F3N12O6S3. The van der Waals surface area contributed by atoms with E-state index in [9.17, 15) is 43.3 Å². The van der Waals surface area contributed by atoms with Gasteiger partial charge in [0.2, 0.25) is 0 Å². The number of hydrogen-bond donors (Lipinski definition) is 0. The van der Waals surface area contributed by atoms with E-state index in [1.165, 1.54) is 85.8 Å². The van der Waals surface area contributed by atoms with E-state index < -0.39 is 50.4 Å². The molecule has 426 valence electrons. The maximum atomic E-state index is 14.6. The molecule has 6 aromatic rings. The van der Waals surface area contributed by atoms with Crippen molar-refractivity contribution in [3.05, 3.63) is 119 Å². The standard InChI is InChI=1S/3C19H21FN4O2S/c3*1-19(2,3)16-14(20)5-12(7-22-16)15-13(6-21)17(25)24-8-11(9-26-4)10-27-18(24)23-15/h3*5,7,11H,8-10H2,1-4H3/t2*11-;/m10./s1. The monoisotopic (exact) mass is 1160 g/mol. The minimum Gasteiger partial charge on any atom is -0.384 e. The van der Waals surface area contributed by atoms with E-state index in [-0.39, 0.29) is 51.5 Å². The van der Waals surface area contributed by atoms with Crippen LogP contribution in [0.4, 0.5) is 13.2 Å². The van der Waals surface area contributed by atoms with Gasteiger partial charge in [-0.25, -0.2) is 28.1 Å². The summed E-state index contributed by atoms with van der Waals surface area (Å²) >= 11 is 4.32. The summed E-state index contributed by atoms with van der Waals surface area (Å²) in [5.74, 6) is 1.39. The Labute approximate surface area is 480 Å². The summed E-state index contributed by atoms with van der Waals surface area (Å²) < 4.78 is 63.7. The van der Waals surface area contributed by atoms with Gasteiger partial charge < -0.3 is 14.2 Å². The summed E-state index contributed by atoms with van der Waals surface area (Å²) in [6, 6.07) is 9.71. The van der Waals surface area contributed by atoms with Crippen LogP contribution in [0.1, 0.15) is 96.1 Å². The number of methoxy groups -OCH3 is 3. The molecule has 0 saturated heterocycles. The van der Waals surface area contributed by atoms with E-state index >= 15 is 0 Å². The molecule has 0 N–H and O–H groups in total. The van der Waals surface area contributed by atoms with Crippen LogP contribution in [0.25, 0.3) is 33.8 Å². The largest absolute Gasteiger partial charge is 0.384 e. The highest BCUT2D eigenvalue weighted by atomic mass is 32.2. The Bertz CT molecular complexity index is 3300. The van der Waals surface area contributed by atoms with Gasteiger partial charge in [-0.1, -0.05) is 97.6 Å². The summed E-state index contributed by atoms with van der Waals surface area (Å²) in [7, 11) is 4.86. The fraction of sp³-hybridized carbons (Fsp3) is 0.474. The lowest BCUT2D eigenvalue weighted by atomic mass is 9.90. The zero-order valence-corrected chi connectivity index (χ0v) is 49.7. The summed E-state index contributed by atoms with van der Waals surface area (Å²) in [5, 5.41) is 30.2. The first-order valence-corrected chi connectivity index (χ1v) is 28.7. The third kappa shape index (κ3) is 13.8. The van der Waals surface area contributed by atoms with E-state index in [1.807, 2.05) is 80.5 Å². The maximum absolute atomic E-state index is 14.6. The molecule has 6 aromatic heterocycles. The van der Waals surface area contributed by atoms with Crippen LogP contribution in [0.2, 0.25) is 0 Å². The van der Waals surface area contributed by atoms with Crippen LogP contribution in [0.15, 0.2) is 66.6 Å². The first-order chi connectivity index (χ1) is 38.3. The Kier molecular flexibility index (Phi) is 19.6. The molecule has 0 saturated carbocycles. The van der Waals surface area contributed by atoms with Crippen molar-refractivity contribution in [2.24, 2.45) is 17.8 Å². The highest BCUT2D eigenvalue weighted by Crippen LogP contribution is 2.35. The van der Waals surface area contributed by atoms with Gasteiger partial charge in [-0.3, -0.25) is 43.0 Å². The molecule has 9 rings (SSSR count). The third-order valence-electron chi connectivity index (χ3n) is 13.1. The molecule has 0 aromatic carbocycles. The van der Waals surface area contributed by atoms with Crippen molar-refractivity contribution in [2.45, 2.75) is 114 Å². The lowest BCUT2D eigenvalue weighted by Crippen LogP contribution is -2.34. The molecule has 3 aliphatic rings. The average molecular weight is 1170 g/mol. The van der Waals surface area contributed by atoms with Gasteiger partial charge in [0.25, 0.3) is 16.7 Å². The van der Waals surface area contributed by atoms with Crippen LogP contribution in [0.5, 0.6) is 0 Å². The lowest BCUT2D eigenvalue weighted by molar-refractivity contribution is 0.149. The molecule has 1 unspecified atom stereocenters. The normalized spacial score (nSPS) is 16.7. The second kappa shape index (κ2) is 25.6. The molecular weight excluding hydrogens is 1100 g/mol. The fourth-order valence-electron chi connectivity index (χ4n) is 9.22. The minimum atomic E-state index is -0.476. The van der Waals surface area contributed by atoms with Crippen LogP contribution < -0.4 is 16.7 Å². The molecule has 9 heterocycles. The van der Waals surface area contributed by atoms with Crippen molar-refractivity contribution in [3.63, 3.8) is 0 Å². The van der Waals surface area contributed by atoms with Crippen molar-refractivity contribution in [1.29, 1.82) is 15.8 Å². The second-order valence-corrected chi connectivity index (χ2v) is 25.7. The zero-order valence-electron chi connectivity index (χ0n) is 47.2. The highest BCUT2D eigenvalue weighted by molar-refractivity contribution is 7.99. The Morgan fingerprint density at radius 1 is 0.494 bits per heavy atom. The molecule has 0 amide bonds. The fourth-order valence-corrected chi connectivity index (χ4v) is 12.4. The number of aromatic nitrogens is 9. The average Bonchev–Trinajstić information content (AvgIpc) is 3.43. The SMILES string of the molecule is COCC1CSc2nc(-c3cnc(C(C)(C)C)c(F)c3)c(C#N)c(=O)n2C1.COC[C@@H]1CSc2nc(-c3cnc(C(C)(C)C)c(F)c3)c(C#N)c(=O)n2C1.COC[C@H]1CSc2nc(-c3cnc(C(C)(C)C)c(F)c3)c(C#N)c(=O)n2C1. The number of pyridine rings is 3. The summed E-state index contributed by atoms with van der Waals surface area (Å²) in [6.45, 7) is 19.8. The van der Waals surface area contributed by atoms with Crippen LogP contribution >= 0.6 is 35.3 Å². The van der Waals surface area contributed by atoms with Crippen molar-refractivity contribution < 1.29 is 27.4 Å². The predicted molar refractivity (Wildman–Crippen MR) is 304 cm³/mol. The molecule has 0 fully saturated rings. The molecule has 0 bridgehead atoms. The Morgan fingerprint density at radius 2 is 0.741 bits per heavy atom. The predicted octanol–water partition coefficient (Wildman–Crippen LogP) is 8.95. The number of fused-ring (bicyclic) bond motifs is 3. The third-order valence-corrected chi connectivity index (χ3v) is 16.7. The van der Waals surface area contributed by atoms with Crippen molar-refractivity contribution >= 4 is 35.3 Å². The van der Waals surface area contributed by atoms with Crippen molar-refractivity contribution in [3.8, 4) is 52.0 Å². The molecule has 0 spiro atoms. The van der Waals surface area contributed by atoms with Crippen LogP contribution in [-0.2, 0) is 50.1 Å². The molecule has 0 aliphatic carbocycles.